The molecule has 1 aliphatic rings. The molecule has 3 N–H and O–H groups in total. The van der Waals surface area contributed by atoms with Gasteiger partial charge in [0.1, 0.15) is 11.6 Å². The van der Waals surface area contributed by atoms with Crippen molar-refractivity contribution in [2.45, 2.75) is 13.0 Å². The van der Waals surface area contributed by atoms with Gasteiger partial charge in [0.2, 0.25) is 0 Å². The standard InChI is InChI=1S/C18H14BrF2N3O2/c1-9-14(17(25)23-11-7-5-10(19)6-8-11)16(24-18(26)22-9)15-12(20)3-2-4-13(15)21/h2-8,16H,1H3,(H,23,25)(H2,22,24,26)/t16-/m0/s1. The molecule has 1 aliphatic heterocycles. The number of hydrogen-bond acceptors (Lipinski definition) is 2. The van der Waals surface area contributed by atoms with Crippen LogP contribution in [-0.4, -0.2) is 11.9 Å². The van der Waals surface area contributed by atoms with E-state index in [0.29, 0.717) is 5.69 Å². The predicted octanol–water partition coefficient (Wildman–Crippen LogP) is 3.99. The minimum Gasteiger partial charge on any atom is -0.326 e. The number of hydrogen-bond donors (Lipinski definition) is 3. The smallest absolute Gasteiger partial charge is 0.319 e. The SMILES string of the molecule is CC1=C(C(=O)Nc2ccc(Br)cc2)[C@@H](c2c(F)cccc2F)NC(=O)N1. The minimum atomic E-state index is -1.25. The Morgan fingerprint density at radius 3 is 2.35 bits per heavy atom. The number of anilines is 1. The van der Waals surface area contributed by atoms with Crippen molar-refractivity contribution < 1.29 is 18.4 Å². The third-order valence-electron chi connectivity index (χ3n) is 3.90. The van der Waals surface area contributed by atoms with Gasteiger partial charge in [-0.05, 0) is 43.3 Å². The highest BCUT2D eigenvalue weighted by Crippen LogP contribution is 2.31. The zero-order chi connectivity index (χ0) is 18.8. The van der Waals surface area contributed by atoms with Crippen molar-refractivity contribution in [2.24, 2.45) is 0 Å². The van der Waals surface area contributed by atoms with Crippen LogP contribution in [-0.2, 0) is 4.79 Å². The van der Waals surface area contributed by atoms with Crippen LogP contribution < -0.4 is 16.0 Å². The van der Waals surface area contributed by atoms with Gasteiger partial charge in [0.15, 0.2) is 0 Å². The maximum atomic E-state index is 14.2. The summed E-state index contributed by atoms with van der Waals surface area (Å²) < 4.78 is 29.3. The fraction of sp³-hybridized carbons (Fsp3) is 0.111. The number of halogens is 3. The summed E-state index contributed by atoms with van der Waals surface area (Å²) >= 11 is 3.30. The van der Waals surface area contributed by atoms with Crippen molar-refractivity contribution >= 4 is 33.6 Å². The molecule has 2 aromatic carbocycles. The molecule has 26 heavy (non-hydrogen) atoms. The third kappa shape index (κ3) is 3.60. The van der Waals surface area contributed by atoms with Gasteiger partial charge in [-0.15, -0.1) is 0 Å². The Labute approximate surface area is 156 Å². The highest BCUT2D eigenvalue weighted by atomic mass is 79.9. The second-order valence-corrected chi connectivity index (χ2v) is 6.58. The molecular formula is C18H14BrF2N3O2. The molecule has 8 heteroatoms. The van der Waals surface area contributed by atoms with E-state index in [1.165, 1.54) is 13.0 Å². The number of urea groups is 1. The second-order valence-electron chi connectivity index (χ2n) is 5.67. The second kappa shape index (κ2) is 7.25. The van der Waals surface area contributed by atoms with E-state index in [-0.39, 0.29) is 16.8 Å². The monoisotopic (exact) mass is 421 g/mol. The molecule has 0 saturated heterocycles. The largest absolute Gasteiger partial charge is 0.326 e. The summed E-state index contributed by atoms with van der Waals surface area (Å²) in [5, 5.41) is 7.54. The zero-order valence-electron chi connectivity index (χ0n) is 13.6. The van der Waals surface area contributed by atoms with Crippen LogP contribution in [0.1, 0.15) is 18.5 Å². The molecule has 0 bridgehead atoms. The molecule has 0 saturated carbocycles. The lowest BCUT2D eigenvalue weighted by Gasteiger charge is -2.29. The Bertz CT molecular complexity index is 893. The Balaban J connectivity index is 2.00. The lowest BCUT2D eigenvalue weighted by molar-refractivity contribution is -0.113. The van der Waals surface area contributed by atoms with Gasteiger partial charge in [-0.3, -0.25) is 4.79 Å². The van der Waals surface area contributed by atoms with Gasteiger partial charge in [0.05, 0.1) is 17.2 Å². The van der Waals surface area contributed by atoms with E-state index in [2.05, 4.69) is 31.9 Å². The quantitative estimate of drug-likeness (QED) is 0.700. The summed E-state index contributed by atoms with van der Waals surface area (Å²) in [5.74, 6) is -2.28. The summed E-state index contributed by atoms with van der Waals surface area (Å²) in [6, 6.07) is 8.30. The van der Waals surface area contributed by atoms with Gasteiger partial charge in [-0.1, -0.05) is 22.0 Å². The van der Waals surface area contributed by atoms with Crippen LogP contribution in [0.2, 0.25) is 0 Å². The van der Waals surface area contributed by atoms with Crippen molar-refractivity contribution in [1.82, 2.24) is 10.6 Å². The van der Waals surface area contributed by atoms with E-state index in [9.17, 15) is 18.4 Å². The molecule has 1 atom stereocenters. The Morgan fingerprint density at radius 1 is 1.12 bits per heavy atom. The molecule has 134 valence electrons. The highest BCUT2D eigenvalue weighted by Gasteiger charge is 2.34. The van der Waals surface area contributed by atoms with Crippen molar-refractivity contribution in [2.75, 3.05) is 5.32 Å². The number of amides is 3. The molecular weight excluding hydrogens is 408 g/mol. The van der Waals surface area contributed by atoms with Crippen LogP contribution in [0, 0.1) is 11.6 Å². The van der Waals surface area contributed by atoms with Gasteiger partial charge in [-0.2, -0.15) is 0 Å². The number of carbonyl (C=O) groups is 2. The summed E-state index contributed by atoms with van der Waals surface area (Å²) in [6.07, 6.45) is 0. The summed E-state index contributed by atoms with van der Waals surface area (Å²) in [7, 11) is 0. The first-order valence-electron chi connectivity index (χ1n) is 7.66. The third-order valence-corrected chi connectivity index (χ3v) is 4.43. The zero-order valence-corrected chi connectivity index (χ0v) is 15.2. The van der Waals surface area contributed by atoms with E-state index in [1.54, 1.807) is 24.3 Å². The molecule has 0 unspecified atom stereocenters. The molecule has 3 amide bonds. The van der Waals surface area contributed by atoms with Gasteiger partial charge < -0.3 is 16.0 Å². The van der Waals surface area contributed by atoms with Crippen molar-refractivity contribution in [1.29, 1.82) is 0 Å². The number of carbonyl (C=O) groups excluding carboxylic acids is 2. The highest BCUT2D eigenvalue weighted by molar-refractivity contribution is 9.10. The molecule has 2 aromatic rings. The molecule has 0 spiro atoms. The van der Waals surface area contributed by atoms with Crippen LogP contribution in [0.15, 0.2) is 58.2 Å². The molecule has 5 nitrogen and oxygen atoms in total. The van der Waals surface area contributed by atoms with Crippen LogP contribution in [0.4, 0.5) is 19.3 Å². The van der Waals surface area contributed by atoms with Gasteiger partial charge >= 0.3 is 6.03 Å². The normalized spacial score (nSPS) is 16.8. The van der Waals surface area contributed by atoms with E-state index in [1.807, 2.05) is 0 Å². The van der Waals surface area contributed by atoms with Crippen LogP contribution in [0.5, 0.6) is 0 Å². The fourth-order valence-electron chi connectivity index (χ4n) is 2.73. The van der Waals surface area contributed by atoms with Gasteiger partial charge in [0, 0.05) is 15.9 Å². The van der Waals surface area contributed by atoms with Gasteiger partial charge in [-0.25, -0.2) is 13.6 Å². The van der Waals surface area contributed by atoms with E-state index in [0.717, 1.165) is 16.6 Å². The first-order valence-corrected chi connectivity index (χ1v) is 8.45. The summed E-state index contributed by atoms with van der Waals surface area (Å²) in [5.41, 5.74) is 0.360. The maximum absolute atomic E-state index is 14.2. The average Bonchev–Trinajstić information content (AvgIpc) is 2.56. The van der Waals surface area contributed by atoms with Crippen LogP contribution >= 0.6 is 15.9 Å². The molecule has 0 aromatic heterocycles. The Kier molecular flexibility index (Phi) is 5.03. The number of benzene rings is 2. The Hall–Kier alpha value is -2.74. The van der Waals surface area contributed by atoms with Crippen molar-refractivity contribution in [3.05, 3.63) is 75.4 Å². The van der Waals surface area contributed by atoms with Gasteiger partial charge in [0.25, 0.3) is 5.91 Å². The van der Waals surface area contributed by atoms with Crippen LogP contribution in [0.25, 0.3) is 0 Å². The maximum Gasteiger partial charge on any atom is 0.319 e. The molecule has 1 heterocycles. The lowest BCUT2D eigenvalue weighted by atomic mass is 9.94. The summed E-state index contributed by atoms with van der Waals surface area (Å²) in [6.45, 7) is 1.50. The number of nitrogens with one attached hydrogen (secondary N) is 3. The first kappa shape index (κ1) is 18.1. The Morgan fingerprint density at radius 2 is 1.73 bits per heavy atom. The minimum absolute atomic E-state index is 0.0246. The lowest BCUT2D eigenvalue weighted by Crippen LogP contribution is -2.46. The van der Waals surface area contributed by atoms with E-state index < -0.39 is 29.6 Å². The van der Waals surface area contributed by atoms with E-state index in [4.69, 9.17) is 0 Å². The average molecular weight is 422 g/mol. The topological polar surface area (TPSA) is 70.2 Å². The molecule has 0 aliphatic carbocycles. The van der Waals surface area contributed by atoms with Crippen molar-refractivity contribution in [3.8, 4) is 0 Å². The number of allylic oxidation sites excluding steroid dienone is 1. The number of rotatable bonds is 3. The predicted molar refractivity (Wildman–Crippen MR) is 96.2 cm³/mol. The fourth-order valence-corrected chi connectivity index (χ4v) is 2.99. The van der Waals surface area contributed by atoms with Crippen molar-refractivity contribution in [3.63, 3.8) is 0 Å². The molecule has 0 radical (unpaired) electrons. The van der Waals surface area contributed by atoms with Crippen LogP contribution in [0.3, 0.4) is 0 Å². The molecule has 3 rings (SSSR count). The molecule has 0 fully saturated rings. The van der Waals surface area contributed by atoms with E-state index >= 15 is 0 Å². The summed E-state index contributed by atoms with van der Waals surface area (Å²) in [4.78, 5) is 24.6. The first-order chi connectivity index (χ1) is 12.4.